The van der Waals surface area contributed by atoms with E-state index in [4.69, 9.17) is 10.2 Å². The van der Waals surface area contributed by atoms with Gasteiger partial charge in [-0.25, -0.2) is 0 Å². The molecule has 88 valence electrons. The number of likely N-dealkylation sites (N-methyl/N-ethyl adjacent to an activating group) is 1. The number of aliphatic hydroxyl groups excluding tert-OH is 1. The highest BCUT2D eigenvalue weighted by Crippen LogP contribution is 2.11. The zero-order chi connectivity index (χ0) is 12.0. The lowest BCUT2D eigenvalue weighted by molar-refractivity contribution is 0.0964. The quantitative estimate of drug-likeness (QED) is 0.703. The third-order valence-electron chi connectivity index (χ3n) is 2.39. The molecule has 0 atom stereocenters. The Labute approximate surface area is 95.1 Å². The Bertz CT molecular complexity index is 335. The highest BCUT2D eigenvalue weighted by Gasteiger charge is 2.07. The summed E-state index contributed by atoms with van der Waals surface area (Å²) in [4.78, 5) is 13.6. The van der Waals surface area contributed by atoms with Crippen LogP contribution in [0.15, 0.2) is 24.3 Å². The molecule has 0 aromatic heterocycles. The minimum absolute atomic E-state index is 0.0461. The second kappa shape index (κ2) is 6.25. The molecule has 0 radical (unpaired) electrons. The summed E-state index contributed by atoms with van der Waals surface area (Å²) >= 11 is 0. The number of Topliss-reactive ketones (excluding diaryl/α,β-unsaturated/α-hetero) is 1. The van der Waals surface area contributed by atoms with Crippen molar-refractivity contribution >= 4 is 5.78 Å². The summed E-state index contributed by atoms with van der Waals surface area (Å²) in [7, 11) is 1.86. The van der Waals surface area contributed by atoms with Crippen LogP contribution in [0.5, 0.6) is 5.75 Å². The van der Waals surface area contributed by atoms with Crippen molar-refractivity contribution in [3.8, 4) is 5.75 Å². The number of aliphatic hydroxyl groups is 1. The van der Waals surface area contributed by atoms with Gasteiger partial charge in [-0.15, -0.1) is 0 Å². The molecule has 0 unspecified atom stereocenters. The van der Waals surface area contributed by atoms with E-state index in [1.807, 2.05) is 11.9 Å². The Kier molecular flexibility index (Phi) is 4.95. The van der Waals surface area contributed by atoms with Gasteiger partial charge >= 0.3 is 0 Å². The van der Waals surface area contributed by atoms with Crippen molar-refractivity contribution in [3.05, 3.63) is 29.8 Å². The van der Waals surface area contributed by atoms with Crippen LogP contribution in [0, 0.1) is 0 Å². The average Bonchev–Trinajstić information content (AvgIpc) is 2.27. The van der Waals surface area contributed by atoms with Crippen LogP contribution < -0.4 is 0 Å². The molecule has 16 heavy (non-hydrogen) atoms. The number of ketones is 1. The standard InChI is InChI=1S/C12H17NO3/c1-13(8-9-14)7-6-12(16)10-2-4-11(15)5-3-10/h2-5,14-15H,6-9H2,1H3. The summed E-state index contributed by atoms with van der Waals surface area (Å²) in [5.74, 6) is 0.207. The van der Waals surface area contributed by atoms with Gasteiger partial charge in [0.15, 0.2) is 5.78 Å². The first-order valence-corrected chi connectivity index (χ1v) is 5.25. The van der Waals surface area contributed by atoms with Gasteiger partial charge in [-0.3, -0.25) is 4.79 Å². The number of phenols is 1. The Hall–Kier alpha value is -1.39. The average molecular weight is 223 g/mol. The molecule has 0 aliphatic heterocycles. The van der Waals surface area contributed by atoms with Crippen molar-refractivity contribution in [1.82, 2.24) is 4.90 Å². The monoisotopic (exact) mass is 223 g/mol. The van der Waals surface area contributed by atoms with Gasteiger partial charge in [0.1, 0.15) is 5.75 Å². The van der Waals surface area contributed by atoms with Crippen LogP contribution in [0.4, 0.5) is 0 Å². The number of phenolic OH excluding ortho intramolecular Hbond substituents is 1. The molecule has 0 aliphatic carbocycles. The Balaban J connectivity index is 2.43. The van der Waals surface area contributed by atoms with E-state index >= 15 is 0 Å². The molecule has 2 N–H and O–H groups in total. The van der Waals surface area contributed by atoms with E-state index in [-0.39, 0.29) is 18.1 Å². The fourth-order valence-electron chi connectivity index (χ4n) is 1.37. The van der Waals surface area contributed by atoms with Crippen molar-refractivity contribution in [3.63, 3.8) is 0 Å². The molecule has 0 fully saturated rings. The van der Waals surface area contributed by atoms with E-state index < -0.39 is 0 Å². The van der Waals surface area contributed by atoms with Crippen LogP contribution in [0.3, 0.4) is 0 Å². The summed E-state index contributed by atoms with van der Waals surface area (Å²) in [5, 5.41) is 17.8. The Morgan fingerprint density at radius 2 is 1.88 bits per heavy atom. The predicted octanol–water partition coefficient (Wildman–Crippen LogP) is 0.889. The Morgan fingerprint density at radius 1 is 1.25 bits per heavy atom. The molecular weight excluding hydrogens is 206 g/mol. The smallest absolute Gasteiger partial charge is 0.164 e. The molecule has 0 heterocycles. The fourth-order valence-corrected chi connectivity index (χ4v) is 1.37. The molecule has 1 aromatic carbocycles. The summed E-state index contributed by atoms with van der Waals surface area (Å²) < 4.78 is 0. The van der Waals surface area contributed by atoms with E-state index in [9.17, 15) is 4.79 Å². The molecule has 1 aromatic rings. The normalized spacial score (nSPS) is 10.7. The lowest BCUT2D eigenvalue weighted by Gasteiger charge is -2.13. The minimum atomic E-state index is 0.0461. The molecule has 0 saturated heterocycles. The highest BCUT2D eigenvalue weighted by molar-refractivity contribution is 5.96. The molecule has 0 saturated carbocycles. The number of hydrogen-bond acceptors (Lipinski definition) is 4. The third kappa shape index (κ3) is 4.00. The van der Waals surface area contributed by atoms with Crippen LogP contribution in [-0.2, 0) is 0 Å². The van der Waals surface area contributed by atoms with Crippen molar-refractivity contribution in [1.29, 1.82) is 0 Å². The predicted molar refractivity (Wildman–Crippen MR) is 61.6 cm³/mol. The number of hydrogen-bond donors (Lipinski definition) is 2. The topological polar surface area (TPSA) is 60.8 Å². The molecule has 0 amide bonds. The van der Waals surface area contributed by atoms with Crippen molar-refractivity contribution in [2.24, 2.45) is 0 Å². The number of carbonyl (C=O) groups excluding carboxylic acids is 1. The molecule has 0 bridgehead atoms. The van der Waals surface area contributed by atoms with Gasteiger partial charge in [-0.2, -0.15) is 0 Å². The van der Waals surface area contributed by atoms with Crippen LogP contribution >= 0.6 is 0 Å². The van der Waals surface area contributed by atoms with E-state index in [2.05, 4.69) is 0 Å². The summed E-state index contributed by atoms with van der Waals surface area (Å²) in [6, 6.07) is 6.24. The van der Waals surface area contributed by atoms with Gasteiger partial charge in [0, 0.05) is 25.1 Å². The summed E-state index contributed by atoms with van der Waals surface area (Å²) in [6.45, 7) is 1.30. The fraction of sp³-hybridized carbons (Fsp3) is 0.417. The van der Waals surface area contributed by atoms with Gasteiger partial charge in [0.25, 0.3) is 0 Å². The van der Waals surface area contributed by atoms with Crippen LogP contribution in [-0.4, -0.2) is 47.6 Å². The lowest BCUT2D eigenvalue weighted by atomic mass is 10.1. The van der Waals surface area contributed by atoms with Crippen molar-refractivity contribution in [2.45, 2.75) is 6.42 Å². The number of benzene rings is 1. The van der Waals surface area contributed by atoms with Crippen LogP contribution in [0.25, 0.3) is 0 Å². The highest BCUT2D eigenvalue weighted by atomic mass is 16.3. The van der Waals surface area contributed by atoms with Crippen molar-refractivity contribution < 1.29 is 15.0 Å². The molecule has 1 rings (SSSR count). The number of nitrogens with zero attached hydrogens (tertiary/aromatic N) is 1. The van der Waals surface area contributed by atoms with E-state index in [0.717, 1.165) is 0 Å². The first-order valence-electron chi connectivity index (χ1n) is 5.25. The Morgan fingerprint density at radius 3 is 2.44 bits per heavy atom. The number of carbonyl (C=O) groups is 1. The van der Waals surface area contributed by atoms with Gasteiger partial charge in [-0.1, -0.05) is 0 Å². The lowest BCUT2D eigenvalue weighted by Crippen LogP contribution is -2.24. The summed E-state index contributed by atoms with van der Waals surface area (Å²) in [6.07, 6.45) is 0.418. The molecule has 4 nitrogen and oxygen atoms in total. The third-order valence-corrected chi connectivity index (χ3v) is 2.39. The first kappa shape index (κ1) is 12.7. The van der Waals surface area contributed by atoms with E-state index in [0.29, 0.717) is 25.1 Å². The number of rotatable bonds is 6. The van der Waals surface area contributed by atoms with E-state index in [1.165, 1.54) is 12.1 Å². The number of aromatic hydroxyl groups is 1. The zero-order valence-electron chi connectivity index (χ0n) is 9.39. The second-order valence-electron chi connectivity index (χ2n) is 3.75. The van der Waals surface area contributed by atoms with Gasteiger partial charge in [-0.05, 0) is 31.3 Å². The largest absolute Gasteiger partial charge is 0.508 e. The van der Waals surface area contributed by atoms with Gasteiger partial charge in [0.2, 0.25) is 0 Å². The maximum Gasteiger partial charge on any atom is 0.164 e. The molecule has 4 heteroatoms. The SMILES string of the molecule is CN(CCO)CCC(=O)c1ccc(O)cc1. The first-order chi connectivity index (χ1) is 7.63. The van der Waals surface area contributed by atoms with Gasteiger partial charge in [0.05, 0.1) is 6.61 Å². The maximum atomic E-state index is 11.7. The minimum Gasteiger partial charge on any atom is -0.508 e. The zero-order valence-corrected chi connectivity index (χ0v) is 9.39. The maximum absolute atomic E-state index is 11.7. The van der Waals surface area contributed by atoms with E-state index in [1.54, 1.807) is 12.1 Å². The second-order valence-corrected chi connectivity index (χ2v) is 3.75. The molecule has 0 spiro atoms. The van der Waals surface area contributed by atoms with Crippen molar-refractivity contribution in [2.75, 3.05) is 26.7 Å². The van der Waals surface area contributed by atoms with Crippen LogP contribution in [0.2, 0.25) is 0 Å². The molecular formula is C12H17NO3. The van der Waals surface area contributed by atoms with Crippen LogP contribution in [0.1, 0.15) is 16.8 Å². The van der Waals surface area contributed by atoms with Gasteiger partial charge < -0.3 is 15.1 Å². The summed E-state index contributed by atoms with van der Waals surface area (Å²) in [5.41, 5.74) is 0.607. The molecule has 0 aliphatic rings.